The zero-order chi connectivity index (χ0) is 14.3. The number of rotatable bonds is 2. The van der Waals surface area contributed by atoms with Crippen LogP contribution in [-0.2, 0) is 0 Å². The Balaban J connectivity index is 2.02. The second-order valence-electron chi connectivity index (χ2n) is 4.20. The van der Waals surface area contributed by atoms with Gasteiger partial charge in [-0.25, -0.2) is 9.18 Å². The molecule has 3 aromatic rings. The number of nitrogens with two attached hydrogens (primary N) is 1. The third-order valence-corrected chi connectivity index (χ3v) is 3.08. The molecule has 0 atom stereocenters. The maximum Gasteiger partial charge on any atom is 0.417 e. The van der Waals surface area contributed by atoms with Gasteiger partial charge in [0.15, 0.2) is 5.58 Å². The second-order valence-corrected chi connectivity index (χ2v) is 4.61. The Hall–Kier alpha value is -2.47. The Morgan fingerprint density at radius 2 is 2.10 bits per heavy atom. The van der Waals surface area contributed by atoms with E-state index in [1.165, 1.54) is 24.3 Å². The maximum absolute atomic E-state index is 13.1. The molecule has 5 nitrogen and oxygen atoms in total. The highest BCUT2D eigenvalue weighted by Crippen LogP contribution is 2.29. The fourth-order valence-electron chi connectivity index (χ4n) is 1.85. The molecule has 1 heterocycles. The first-order valence-corrected chi connectivity index (χ1v) is 6.05. The summed E-state index contributed by atoms with van der Waals surface area (Å²) in [7, 11) is 0. The van der Waals surface area contributed by atoms with Crippen molar-refractivity contribution in [2.45, 2.75) is 0 Å². The summed E-state index contributed by atoms with van der Waals surface area (Å²) in [6.45, 7) is 0. The number of oxazole rings is 1. The van der Waals surface area contributed by atoms with E-state index in [-0.39, 0.29) is 5.02 Å². The van der Waals surface area contributed by atoms with Crippen LogP contribution in [0.2, 0.25) is 5.02 Å². The van der Waals surface area contributed by atoms with Crippen LogP contribution >= 0.6 is 11.6 Å². The number of fused-ring (bicyclic) bond motifs is 1. The molecule has 0 amide bonds. The molecule has 0 fully saturated rings. The van der Waals surface area contributed by atoms with Crippen molar-refractivity contribution in [2.24, 2.45) is 0 Å². The zero-order valence-electron chi connectivity index (χ0n) is 10.0. The lowest BCUT2D eigenvalue weighted by atomic mass is 10.2. The SMILES string of the molecule is Nc1cc2oc(=O)[nH]c2cc1Nc1ccc(F)c(Cl)c1. The number of hydrogen-bond donors (Lipinski definition) is 3. The van der Waals surface area contributed by atoms with Gasteiger partial charge in [0.1, 0.15) is 5.82 Å². The Labute approximate surface area is 117 Å². The molecular weight excluding hydrogens is 285 g/mol. The van der Waals surface area contributed by atoms with Gasteiger partial charge in [-0.3, -0.25) is 4.98 Å². The lowest BCUT2D eigenvalue weighted by Crippen LogP contribution is -1.97. The van der Waals surface area contributed by atoms with Crippen LogP contribution in [0.4, 0.5) is 21.5 Å². The van der Waals surface area contributed by atoms with Crippen molar-refractivity contribution in [3.8, 4) is 0 Å². The number of aromatic nitrogens is 1. The summed E-state index contributed by atoms with van der Waals surface area (Å²) in [5.41, 5.74) is 8.27. The molecule has 1 aromatic heterocycles. The largest absolute Gasteiger partial charge is 0.417 e. The summed E-state index contributed by atoms with van der Waals surface area (Å²) in [5.74, 6) is -1.05. The average Bonchev–Trinajstić information content (AvgIpc) is 2.73. The fraction of sp³-hybridized carbons (Fsp3) is 0. The summed E-state index contributed by atoms with van der Waals surface area (Å²) in [6.07, 6.45) is 0. The third kappa shape index (κ3) is 2.21. The molecular formula is C13H9ClFN3O2. The summed E-state index contributed by atoms with van der Waals surface area (Å²) in [6, 6.07) is 7.38. The van der Waals surface area contributed by atoms with Gasteiger partial charge in [0, 0.05) is 11.8 Å². The van der Waals surface area contributed by atoms with Crippen LogP contribution in [0.5, 0.6) is 0 Å². The van der Waals surface area contributed by atoms with E-state index >= 15 is 0 Å². The first-order valence-electron chi connectivity index (χ1n) is 5.67. The Kier molecular flexibility index (Phi) is 2.87. The molecule has 0 spiro atoms. The predicted octanol–water partition coefficient (Wildman–Crippen LogP) is 3.24. The van der Waals surface area contributed by atoms with Gasteiger partial charge in [-0.2, -0.15) is 0 Å². The van der Waals surface area contributed by atoms with Gasteiger partial charge in [-0.1, -0.05) is 11.6 Å². The zero-order valence-corrected chi connectivity index (χ0v) is 10.8. The molecule has 0 bridgehead atoms. The smallest absolute Gasteiger partial charge is 0.408 e. The highest BCUT2D eigenvalue weighted by molar-refractivity contribution is 6.31. The van der Waals surface area contributed by atoms with Crippen molar-refractivity contribution >= 4 is 39.8 Å². The van der Waals surface area contributed by atoms with Gasteiger partial charge in [0.2, 0.25) is 0 Å². The van der Waals surface area contributed by atoms with Crippen molar-refractivity contribution in [1.29, 1.82) is 0 Å². The van der Waals surface area contributed by atoms with E-state index in [1.54, 1.807) is 6.07 Å². The van der Waals surface area contributed by atoms with E-state index in [1.807, 2.05) is 0 Å². The van der Waals surface area contributed by atoms with Crippen molar-refractivity contribution in [3.63, 3.8) is 0 Å². The second kappa shape index (κ2) is 4.57. The minimum atomic E-state index is -0.554. The summed E-state index contributed by atoms with van der Waals surface area (Å²) in [5, 5.41) is 3.01. The van der Waals surface area contributed by atoms with Gasteiger partial charge in [0.25, 0.3) is 0 Å². The fourth-order valence-corrected chi connectivity index (χ4v) is 2.03. The Morgan fingerprint density at radius 1 is 1.30 bits per heavy atom. The standard InChI is InChI=1S/C13H9ClFN3O2/c14-7-3-6(1-2-8(7)15)17-10-5-11-12(4-9(10)16)20-13(19)18-11/h1-5,17H,16H2,(H,18,19). The van der Waals surface area contributed by atoms with Gasteiger partial charge >= 0.3 is 5.76 Å². The normalized spacial score (nSPS) is 10.9. The predicted molar refractivity (Wildman–Crippen MR) is 75.9 cm³/mol. The number of H-pyrrole nitrogens is 1. The Bertz CT molecular complexity index is 856. The van der Waals surface area contributed by atoms with Crippen molar-refractivity contribution in [3.05, 3.63) is 51.7 Å². The molecule has 0 aliphatic heterocycles. The van der Waals surface area contributed by atoms with E-state index in [0.717, 1.165) is 0 Å². The Morgan fingerprint density at radius 3 is 2.85 bits per heavy atom. The molecule has 4 N–H and O–H groups in total. The lowest BCUT2D eigenvalue weighted by molar-refractivity contribution is 0.555. The number of halogens is 2. The summed E-state index contributed by atoms with van der Waals surface area (Å²) >= 11 is 5.71. The first kappa shape index (κ1) is 12.6. The average molecular weight is 294 g/mol. The third-order valence-electron chi connectivity index (χ3n) is 2.79. The van der Waals surface area contributed by atoms with Crippen LogP contribution in [0.3, 0.4) is 0 Å². The minimum absolute atomic E-state index is 0.00590. The molecule has 0 aliphatic carbocycles. The van der Waals surface area contributed by atoms with E-state index in [2.05, 4.69) is 10.3 Å². The summed E-state index contributed by atoms with van der Waals surface area (Å²) in [4.78, 5) is 13.6. The maximum atomic E-state index is 13.1. The van der Waals surface area contributed by atoms with E-state index in [4.69, 9.17) is 21.8 Å². The van der Waals surface area contributed by atoms with Crippen molar-refractivity contribution in [1.82, 2.24) is 4.98 Å². The topological polar surface area (TPSA) is 84.0 Å². The molecule has 7 heteroatoms. The van der Waals surface area contributed by atoms with Gasteiger partial charge in [-0.05, 0) is 24.3 Å². The molecule has 0 saturated heterocycles. The lowest BCUT2D eigenvalue weighted by Gasteiger charge is -2.09. The number of nitrogen functional groups attached to an aromatic ring is 1. The van der Waals surface area contributed by atoms with Crippen LogP contribution in [0.15, 0.2) is 39.5 Å². The monoisotopic (exact) mass is 293 g/mol. The van der Waals surface area contributed by atoms with Gasteiger partial charge in [-0.15, -0.1) is 0 Å². The van der Waals surface area contributed by atoms with Crippen LogP contribution in [0.25, 0.3) is 11.1 Å². The van der Waals surface area contributed by atoms with Crippen LogP contribution in [-0.4, -0.2) is 4.98 Å². The molecule has 0 radical (unpaired) electrons. The van der Waals surface area contributed by atoms with E-state index in [0.29, 0.717) is 28.2 Å². The van der Waals surface area contributed by atoms with Gasteiger partial charge < -0.3 is 15.5 Å². The minimum Gasteiger partial charge on any atom is -0.408 e. The number of aromatic amines is 1. The summed E-state index contributed by atoms with van der Waals surface area (Å²) < 4.78 is 18.0. The molecule has 0 unspecified atom stereocenters. The van der Waals surface area contributed by atoms with Crippen LogP contribution in [0, 0.1) is 5.82 Å². The highest BCUT2D eigenvalue weighted by Gasteiger charge is 2.08. The number of benzene rings is 2. The number of nitrogens with one attached hydrogen (secondary N) is 2. The molecule has 102 valence electrons. The quantitative estimate of drug-likeness (QED) is 0.633. The van der Waals surface area contributed by atoms with E-state index < -0.39 is 11.6 Å². The van der Waals surface area contributed by atoms with Gasteiger partial charge in [0.05, 0.1) is 21.9 Å². The molecule has 0 saturated carbocycles. The van der Waals surface area contributed by atoms with Crippen molar-refractivity contribution in [2.75, 3.05) is 11.1 Å². The van der Waals surface area contributed by atoms with Crippen LogP contribution < -0.4 is 16.8 Å². The molecule has 3 rings (SSSR count). The highest BCUT2D eigenvalue weighted by atomic mass is 35.5. The van der Waals surface area contributed by atoms with E-state index in [9.17, 15) is 9.18 Å². The molecule has 20 heavy (non-hydrogen) atoms. The van der Waals surface area contributed by atoms with Crippen molar-refractivity contribution < 1.29 is 8.81 Å². The number of hydrogen-bond acceptors (Lipinski definition) is 4. The van der Waals surface area contributed by atoms with Crippen LogP contribution in [0.1, 0.15) is 0 Å². The number of anilines is 3. The molecule has 2 aromatic carbocycles. The molecule has 0 aliphatic rings. The first-order chi connectivity index (χ1) is 9.52.